The Morgan fingerprint density at radius 3 is 2.03 bits per heavy atom. The number of aliphatic carboxylic acids is 1. The SMILES string of the molecule is CC(=O)N[C@@H](CCC(=O)OC(C)(C)C)C(=O)N(C)[C@H](C(=O)N[C@@H](CCCNC(N)=O)C(=O)O)C(C)C. The van der Waals surface area contributed by atoms with Crippen LogP contribution in [0.25, 0.3) is 0 Å². The van der Waals surface area contributed by atoms with E-state index in [1.807, 2.05) is 0 Å². The largest absolute Gasteiger partial charge is 0.480 e. The Bertz CT molecular complexity index is 809. The number of primary amides is 1. The number of hydrogen-bond acceptors (Lipinski definition) is 7. The summed E-state index contributed by atoms with van der Waals surface area (Å²) < 4.78 is 5.25. The Kier molecular flexibility index (Phi) is 13.5. The lowest BCUT2D eigenvalue weighted by Crippen LogP contribution is -2.57. The molecule has 13 heteroatoms. The summed E-state index contributed by atoms with van der Waals surface area (Å²) in [4.78, 5) is 73.6. The molecule has 36 heavy (non-hydrogen) atoms. The van der Waals surface area contributed by atoms with Crippen LogP contribution in [0.5, 0.6) is 0 Å². The summed E-state index contributed by atoms with van der Waals surface area (Å²) in [6, 6.07) is -4.15. The van der Waals surface area contributed by atoms with Gasteiger partial charge in [-0.25, -0.2) is 9.59 Å². The maximum absolute atomic E-state index is 13.2. The third-order valence-electron chi connectivity index (χ3n) is 4.98. The van der Waals surface area contributed by atoms with Crippen LogP contribution in [0.1, 0.15) is 67.2 Å². The van der Waals surface area contributed by atoms with Gasteiger partial charge in [0, 0.05) is 26.9 Å². The van der Waals surface area contributed by atoms with Crippen LogP contribution >= 0.6 is 0 Å². The number of carbonyl (C=O) groups excluding carboxylic acids is 5. The third-order valence-corrected chi connectivity index (χ3v) is 4.98. The van der Waals surface area contributed by atoms with E-state index in [1.54, 1.807) is 34.6 Å². The van der Waals surface area contributed by atoms with Gasteiger partial charge in [0.05, 0.1) is 0 Å². The minimum absolute atomic E-state index is 0.0221. The zero-order valence-corrected chi connectivity index (χ0v) is 22.2. The fourth-order valence-electron chi connectivity index (χ4n) is 3.50. The van der Waals surface area contributed by atoms with Crippen molar-refractivity contribution in [3.8, 4) is 0 Å². The predicted octanol–water partition coefficient (Wildman–Crippen LogP) is 0.114. The van der Waals surface area contributed by atoms with Crippen LogP contribution in [-0.2, 0) is 28.7 Å². The first-order valence-corrected chi connectivity index (χ1v) is 11.8. The zero-order valence-electron chi connectivity index (χ0n) is 22.2. The van der Waals surface area contributed by atoms with E-state index in [4.69, 9.17) is 10.5 Å². The smallest absolute Gasteiger partial charge is 0.326 e. The number of nitrogens with one attached hydrogen (secondary N) is 3. The first-order valence-electron chi connectivity index (χ1n) is 11.8. The number of ether oxygens (including phenoxy) is 1. The standard InChI is InChI=1S/C23H41N5O8/c1-13(2)18(19(31)27-16(21(33)34)9-8-12-25-22(24)35)28(7)20(32)15(26-14(3)29)10-11-17(30)36-23(4,5)6/h13,15-16,18H,8-12H2,1-7H3,(H,26,29)(H,27,31)(H,33,34)(H3,24,25,35)/t15-,16-,18-/m0/s1. The average molecular weight is 516 g/mol. The molecule has 0 heterocycles. The third kappa shape index (κ3) is 12.9. The molecule has 0 aliphatic heterocycles. The van der Waals surface area contributed by atoms with Gasteiger partial charge in [0.25, 0.3) is 0 Å². The second-order valence-corrected chi connectivity index (χ2v) is 9.85. The number of nitrogens with two attached hydrogens (primary N) is 1. The summed E-state index contributed by atoms with van der Waals surface area (Å²) in [6.45, 7) is 9.87. The van der Waals surface area contributed by atoms with Crippen molar-refractivity contribution in [2.45, 2.75) is 91.0 Å². The first kappa shape index (κ1) is 32.6. The number of carbonyl (C=O) groups is 6. The molecule has 0 bridgehead atoms. The van der Waals surface area contributed by atoms with E-state index in [0.717, 1.165) is 4.90 Å². The van der Waals surface area contributed by atoms with Gasteiger partial charge in [-0.05, 0) is 46.0 Å². The van der Waals surface area contributed by atoms with E-state index < -0.39 is 65.3 Å². The second-order valence-electron chi connectivity index (χ2n) is 9.85. The fraction of sp³-hybridized carbons (Fsp3) is 0.739. The lowest BCUT2D eigenvalue weighted by Gasteiger charge is -2.33. The van der Waals surface area contributed by atoms with Crippen LogP contribution < -0.4 is 21.7 Å². The molecule has 0 aromatic carbocycles. The lowest BCUT2D eigenvalue weighted by atomic mass is 9.99. The van der Waals surface area contributed by atoms with Gasteiger partial charge in [-0.2, -0.15) is 0 Å². The number of rotatable bonds is 14. The van der Waals surface area contributed by atoms with Crippen LogP contribution in [0.3, 0.4) is 0 Å². The van der Waals surface area contributed by atoms with E-state index in [2.05, 4.69) is 16.0 Å². The Morgan fingerprint density at radius 1 is 1.00 bits per heavy atom. The van der Waals surface area contributed by atoms with Crippen molar-refractivity contribution in [1.29, 1.82) is 0 Å². The molecule has 0 aliphatic rings. The Morgan fingerprint density at radius 2 is 1.58 bits per heavy atom. The molecular weight excluding hydrogens is 474 g/mol. The summed E-state index contributed by atoms with van der Waals surface area (Å²) in [7, 11) is 1.38. The van der Waals surface area contributed by atoms with Crippen molar-refractivity contribution in [2.24, 2.45) is 11.7 Å². The summed E-state index contributed by atoms with van der Waals surface area (Å²) in [5.74, 6) is -4.01. The Hall–Kier alpha value is -3.38. The molecule has 0 rings (SSSR count). The summed E-state index contributed by atoms with van der Waals surface area (Å²) >= 11 is 0. The minimum atomic E-state index is -1.27. The molecule has 0 saturated carbocycles. The zero-order chi connectivity index (χ0) is 28.2. The summed E-state index contributed by atoms with van der Waals surface area (Å²) in [5, 5.41) is 16.8. The van der Waals surface area contributed by atoms with Crippen molar-refractivity contribution >= 4 is 35.7 Å². The van der Waals surface area contributed by atoms with Crippen LogP contribution in [0, 0.1) is 5.92 Å². The number of carboxylic acid groups (broad SMARTS) is 1. The average Bonchev–Trinajstić information content (AvgIpc) is 2.70. The molecule has 3 atom stereocenters. The molecule has 0 spiro atoms. The number of nitrogens with zero attached hydrogens (tertiary/aromatic N) is 1. The van der Waals surface area contributed by atoms with Gasteiger partial charge in [-0.15, -0.1) is 0 Å². The van der Waals surface area contributed by atoms with E-state index in [1.165, 1.54) is 14.0 Å². The topological polar surface area (TPSA) is 197 Å². The van der Waals surface area contributed by atoms with Gasteiger partial charge >= 0.3 is 18.0 Å². The quantitative estimate of drug-likeness (QED) is 0.159. The number of amides is 5. The molecule has 0 unspecified atom stereocenters. The Balaban J connectivity index is 5.48. The van der Waals surface area contributed by atoms with Crippen molar-refractivity contribution in [3.63, 3.8) is 0 Å². The highest BCUT2D eigenvalue weighted by Gasteiger charge is 2.35. The van der Waals surface area contributed by atoms with E-state index in [-0.39, 0.29) is 32.2 Å². The predicted molar refractivity (Wildman–Crippen MR) is 130 cm³/mol. The molecule has 206 valence electrons. The molecule has 0 aromatic heterocycles. The molecule has 5 amide bonds. The molecule has 13 nitrogen and oxygen atoms in total. The summed E-state index contributed by atoms with van der Waals surface area (Å²) in [5.41, 5.74) is 4.27. The molecule has 0 radical (unpaired) electrons. The van der Waals surface area contributed by atoms with Crippen molar-refractivity contribution in [1.82, 2.24) is 20.9 Å². The monoisotopic (exact) mass is 515 g/mol. The number of urea groups is 1. The number of likely N-dealkylation sites (N-methyl/N-ethyl adjacent to an activating group) is 1. The maximum Gasteiger partial charge on any atom is 0.326 e. The molecular formula is C23H41N5O8. The fourth-order valence-corrected chi connectivity index (χ4v) is 3.50. The van der Waals surface area contributed by atoms with Gasteiger partial charge in [0.1, 0.15) is 23.7 Å². The molecule has 0 aromatic rings. The van der Waals surface area contributed by atoms with Crippen LogP contribution in [0.2, 0.25) is 0 Å². The van der Waals surface area contributed by atoms with Gasteiger partial charge in [0.2, 0.25) is 17.7 Å². The normalized spacial score (nSPS) is 13.7. The minimum Gasteiger partial charge on any atom is -0.480 e. The van der Waals surface area contributed by atoms with Crippen molar-refractivity contribution in [3.05, 3.63) is 0 Å². The molecule has 0 aliphatic carbocycles. The lowest BCUT2D eigenvalue weighted by molar-refractivity contribution is -0.155. The highest BCUT2D eigenvalue weighted by molar-refractivity contribution is 5.93. The van der Waals surface area contributed by atoms with E-state index >= 15 is 0 Å². The Labute approximate surface area is 211 Å². The second kappa shape index (κ2) is 14.9. The number of carboxylic acids is 1. The van der Waals surface area contributed by atoms with Crippen LogP contribution in [0.4, 0.5) is 4.79 Å². The maximum atomic E-state index is 13.2. The first-order chi connectivity index (χ1) is 16.5. The van der Waals surface area contributed by atoms with Crippen molar-refractivity contribution in [2.75, 3.05) is 13.6 Å². The van der Waals surface area contributed by atoms with Gasteiger partial charge in [-0.1, -0.05) is 13.8 Å². The summed E-state index contributed by atoms with van der Waals surface area (Å²) in [6.07, 6.45) is 0.0836. The highest BCUT2D eigenvalue weighted by atomic mass is 16.6. The molecule has 0 fully saturated rings. The van der Waals surface area contributed by atoms with Gasteiger partial charge in [0.15, 0.2) is 0 Å². The van der Waals surface area contributed by atoms with Crippen LogP contribution in [0.15, 0.2) is 0 Å². The van der Waals surface area contributed by atoms with Gasteiger partial charge < -0.3 is 36.4 Å². The van der Waals surface area contributed by atoms with E-state index in [9.17, 15) is 33.9 Å². The van der Waals surface area contributed by atoms with Gasteiger partial charge in [-0.3, -0.25) is 19.2 Å². The van der Waals surface area contributed by atoms with E-state index in [0.29, 0.717) is 0 Å². The van der Waals surface area contributed by atoms with Crippen molar-refractivity contribution < 1.29 is 38.6 Å². The molecule has 0 saturated heterocycles. The number of hydrogen-bond donors (Lipinski definition) is 5. The van der Waals surface area contributed by atoms with Crippen LogP contribution in [-0.4, -0.2) is 83.0 Å². The highest BCUT2D eigenvalue weighted by Crippen LogP contribution is 2.15. The molecule has 6 N–H and O–H groups in total. The number of esters is 1.